The predicted molar refractivity (Wildman–Crippen MR) is 122 cm³/mol. The second kappa shape index (κ2) is 10.1. The molecule has 0 amide bonds. The van der Waals surface area contributed by atoms with Gasteiger partial charge in [-0.1, -0.05) is 19.3 Å². The quantitative estimate of drug-likeness (QED) is 0.358. The second-order valence-electron chi connectivity index (χ2n) is 8.53. The van der Waals surface area contributed by atoms with Crippen LogP contribution < -0.4 is 5.32 Å². The summed E-state index contributed by atoms with van der Waals surface area (Å²) in [6.45, 7) is 7.40. The smallest absolute Gasteiger partial charge is 0.211 e. The molecule has 3 aliphatic rings. The number of hydrogen-bond acceptors (Lipinski definition) is 3. The molecular weight excluding hydrogens is 475 g/mol. The van der Waals surface area contributed by atoms with Crippen LogP contribution in [-0.2, 0) is 10.0 Å². The van der Waals surface area contributed by atoms with Gasteiger partial charge >= 0.3 is 0 Å². The zero-order valence-corrected chi connectivity index (χ0v) is 20.1. The van der Waals surface area contributed by atoms with Gasteiger partial charge in [0.05, 0.1) is 6.26 Å². The lowest BCUT2D eigenvalue weighted by Gasteiger charge is -2.34. The summed E-state index contributed by atoms with van der Waals surface area (Å²) in [7, 11) is -3.04. The van der Waals surface area contributed by atoms with Crippen molar-refractivity contribution >= 4 is 40.0 Å². The lowest BCUT2D eigenvalue weighted by atomic mass is 9.73. The zero-order valence-electron chi connectivity index (χ0n) is 17.0. The Morgan fingerprint density at radius 1 is 1.11 bits per heavy atom. The van der Waals surface area contributed by atoms with Crippen LogP contribution >= 0.6 is 24.0 Å². The lowest BCUT2D eigenvalue weighted by molar-refractivity contribution is 0.203. The number of rotatable bonds is 4. The third-order valence-corrected chi connectivity index (χ3v) is 7.83. The minimum atomic E-state index is -3.04. The number of aliphatic imine (C=N–C) groups is 1. The second-order valence-corrected chi connectivity index (χ2v) is 10.5. The van der Waals surface area contributed by atoms with Gasteiger partial charge in [-0.2, -0.15) is 0 Å². The number of sulfonamides is 1. The van der Waals surface area contributed by atoms with Crippen molar-refractivity contribution in [1.82, 2.24) is 14.5 Å². The molecule has 2 saturated heterocycles. The summed E-state index contributed by atoms with van der Waals surface area (Å²) < 4.78 is 24.9. The van der Waals surface area contributed by atoms with Gasteiger partial charge in [0.15, 0.2) is 5.96 Å². The molecule has 6 nitrogen and oxygen atoms in total. The molecule has 1 saturated carbocycles. The van der Waals surface area contributed by atoms with Gasteiger partial charge in [-0.15, -0.1) is 24.0 Å². The van der Waals surface area contributed by atoms with E-state index in [1.807, 2.05) is 0 Å². The van der Waals surface area contributed by atoms with Crippen molar-refractivity contribution in [1.29, 1.82) is 0 Å². The molecular formula is C19H37IN4O2S. The molecule has 8 heteroatoms. The van der Waals surface area contributed by atoms with Crippen molar-refractivity contribution in [2.24, 2.45) is 16.3 Å². The van der Waals surface area contributed by atoms with E-state index >= 15 is 0 Å². The van der Waals surface area contributed by atoms with Gasteiger partial charge in [0.25, 0.3) is 0 Å². The molecule has 3 rings (SSSR count). The molecule has 2 heterocycles. The van der Waals surface area contributed by atoms with Crippen molar-refractivity contribution in [2.75, 3.05) is 45.5 Å². The first-order valence-corrected chi connectivity index (χ1v) is 12.3. The Kier molecular flexibility index (Phi) is 8.67. The van der Waals surface area contributed by atoms with E-state index in [1.165, 1.54) is 44.8 Å². The first-order chi connectivity index (χ1) is 12.4. The molecule has 0 radical (unpaired) electrons. The molecule has 0 aromatic rings. The number of piperidine rings is 1. The van der Waals surface area contributed by atoms with Crippen molar-refractivity contribution in [2.45, 2.75) is 58.3 Å². The Labute approximate surface area is 182 Å². The fourth-order valence-corrected chi connectivity index (χ4v) is 5.76. The van der Waals surface area contributed by atoms with E-state index in [1.54, 1.807) is 4.31 Å². The Bertz CT molecular complexity index is 597. The first-order valence-electron chi connectivity index (χ1n) is 10.4. The number of nitrogens with zero attached hydrogens (tertiary/aromatic N) is 3. The van der Waals surface area contributed by atoms with Gasteiger partial charge in [-0.25, -0.2) is 12.7 Å². The number of halogens is 1. The third-order valence-electron chi connectivity index (χ3n) is 6.53. The molecule has 0 unspecified atom stereocenters. The summed E-state index contributed by atoms with van der Waals surface area (Å²) in [6, 6.07) is 0. The third kappa shape index (κ3) is 6.19. The fourth-order valence-electron chi connectivity index (χ4n) is 4.89. The average Bonchev–Trinajstić information content (AvgIpc) is 3.02. The summed E-state index contributed by atoms with van der Waals surface area (Å²) in [5.74, 6) is 1.56. The Morgan fingerprint density at radius 3 is 2.37 bits per heavy atom. The minimum Gasteiger partial charge on any atom is -0.357 e. The molecule has 1 N–H and O–H groups in total. The van der Waals surface area contributed by atoms with Crippen LogP contribution in [0.25, 0.3) is 0 Å². The molecule has 3 fully saturated rings. The maximum atomic E-state index is 11.6. The van der Waals surface area contributed by atoms with Gasteiger partial charge in [0.2, 0.25) is 10.0 Å². The van der Waals surface area contributed by atoms with Gasteiger partial charge in [-0.3, -0.25) is 4.99 Å². The summed E-state index contributed by atoms with van der Waals surface area (Å²) in [6.07, 6.45) is 11.4. The lowest BCUT2D eigenvalue weighted by Crippen LogP contribution is -2.42. The van der Waals surface area contributed by atoms with Gasteiger partial charge in [0.1, 0.15) is 0 Å². The number of hydrogen-bond donors (Lipinski definition) is 1. The van der Waals surface area contributed by atoms with E-state index in [0.717, 1.165) is 45.0 Å². The van der Waals surface area contributed by atoms with Crippen LogP contribution in [0.4, 0.5) is 0 Å². The molecule has 1 spiro atoms. The standard InChI is InChI=1S/C19H36N4O2S.HI/c1-3-20-18(22-14-11-19(16-22)9-5-4-6-10-19)21-15-17-7-12-23(13-8-17)26(2,24)25;/h17H,3-16H2,1-2H3,(H,20,21);1H. The summed E-state index contributed by atoms with van der Waals surface area (Å²) in [4.78, 5) is 7.42. The molecule has 1 aliphatic carbocycles. The largest absolute Gasteiger partial charge is 0.357 e. The highest BCUT2D eigenvalue weighted by atomic mass is 127. The van der Waals surface area contributed by atoms with Crippen molar-refractivity contribution in [3.63, 3.8) is 0 Å². The van der Waals surface area contributed by atoms with Crippen LogP contribution in [-0.4, -0.2) is 69.1 Å². The summed E-state index contributed by atoms with van der Waals surface area (Å²) in [5.41, 5.74) is 0.537. The summed E-state index contributed by atoms with van der Waals surface area (Å²) in [5, 5.41) is 3.49. The van der Waals surface area contributed by atoms with E-state index < -0.39 is 10.0 Å². The maximum absolute atomic E-state index is 11.6. The fraction of sp³-hybridized carbons (Fsp3) is 0.947. The van der Waals surface area contributed by atoms with Crippen LogP contribution in [0.5, 0.6) is 0 Å². The minimum absolute atomic E-state index is 0. The monoisotopic (exact) mass is 512 g/mol. The van der Waals surface area contributed by atoms with Crippen molar-refractivity contribution < 1.29 is 8.42 Å². The highest BCUT2D eigenvalue weighted by Gasteiger charge is 2.39. The molecule has 0 atom stereocenters. The van der Waals surface area contributed by atoms with Gasteiger partial charge in [0, 0.05) is 39.3 Å². The number of likely N-dealkylation sites (tertiary alicyclic amines) is 1. The molecule has 0 bridgehead atoms. The van der Waals surface area contributed by atoms with E-state index in [2.05, 4.69) is 17.1 Å². The molecule has 2 aliphatic heterocycles. The predicted octanol–water partition coefficient (Wildman–Crippen LogP) is 2.90. The van der Waals surface area contributed by atoms with Crippen LogP contribution in [0.15, 0.2) is 4.99 Å². The first kappa shape index (κ1) is 23.2. The van der Waals surface area contributed by atoms with Crippen molar-refractivity contribution in [3.8, 4) is 0 Å². The van der Waals surface area contributed by atoms with Crippen LogP contribution in [0.3, 0.4) is 0 Å². The Morgan fingerprint density at radius 2 is 1.78 bits per heavy atom. The van der Waals surface area contributed by atoms with E-state index in [-0.39, 0.29) is 24.0 Å². The van der Waals surface area contributed by atoms with Gasteiger partial charge in [-0.05, 0) is 50.4 Å². The van der Waals surface area contributed by atoms with E-state index in [4.69, 9.17) is 4.99 Å². The highest BCUT2D eigenvalue weighted by molar-refractivity contribution is 14.0. The van der Waals surface area contributed by atoms with E-state index in [9.17, 15) is 8.42 Å². The van der Waals surface area contributed by atoms with Gasteiger partial charge < -0.3 is 10.2 Å². The van der Waals surface area contributed by atoms with Crippen LogP contribution in [0.2, 0.25) is 0 Å². The molecule has 27 heavy (non-hydrogen) atoms. The average molecular weight is 513 g/mol. The molecule has 0 aromatic heterocycles. The van der Waals surface area contributed by atoms with E-state index in [0.29, 0.717) is 24.4 Å². The normalized spacial score (nSPS) is 24.8. The maximum Gasteiger partial charge on any atom is 0.211 e. The van der Waals surface area contributed by atoms with Crippen molar-refractivity contribution in [3.05, 3.63) is 0 Å². The zero-order chi connectivity index (χ0) is 18.6. The summed E-state index contributed by atoms with van der Waals surface area (Å²) >= 11 is 0. The Balaban J connectivity index is 0.00000261. The van der Waals surface area contributed by atoms with Crippen LogP contribution in [0.1, 0.15) is 58.3 Å². The van der Waals surface area contributed by atoms with Crippen LogP contribution in [0, 0.1) is 11.3 Å². The topological polar surface area (TPSA) is 65.0 Å². The highest BCUT2D eigenvalue weighted by Crippen LogP contribution is 2.43. The number of guanidine groups is 1. The molecule has 158 valence electrons. The SMILES string of the molecule is CCNC(=NCC1CCN(S(C)(=O)=O)CC1)N1CCC2(CCCCC2)C1.I. The Hall–Kier alpha value is -0.0900. The molecule has 0 aromatic carbocycles. The number of nitrogens with one attached hydrogen (secondary N) is 1.